The van der Waals surface area contributed by atoms with E-state index in [0.717, 1.165) is 30.5 Å². The zero-order valence-electron chi connectivity index (χ0n) is 12.0. The molecular formula is C19H19NO. The second-order valence-electron chi connectivity index (χ2n) is 6.43. The van der Waals surface area contributed by atoms with Crippen LogP contribution in [0.25, 0.3) is 0 Å². The first kappa shape index (κ1) is 12.6. The number of anilines is 1. The molecule has 0 bridgehead atoms. The van der Waals surface area contributed by atoms with Crippen LogP contribution in [0.15, 0.2) is 48.5 Å². The zero-order chi connectivity index (χ0) is 14.4. The summed E-state index contributed by atoms with van der Waals surface area (Å²) < 4.78 is 0. The van der Waals surface area contributed by atoms with Gasteiger partial charge in [-0.2, -0.15) is 0 Å². The molecule has 0 spiro atoms. The predicted molar refractivity (Wildman–Crippen MR) is 84.3 cm³/mol. The van der Waals surface area contributed by atoms with Gasteiger partial charge in [0.2, 0.25) is 0 Å². The first-order valence-corrected chi connectivity index (χ1v) is 7.66. The molecule has 0 amide bonds. The van der Waals surface area contributed by atoms with Crippen LogP contribution in [0.2, 0.25) is 0 Å². The van der Waals surface area contributed by atoms with Gasteiger partial charge in [0.05, 0.1) is 5.41 Å². The summed E-state index contributed by atoms with van der Waals surface area (Å²) in [5, 5.41) is 0. The van der Waals surface area contributed by atoms with Gasteiger partial charge in [-0.15, -0.1) is 0 Å². The molecule has 2 aromatic carbocycles. The van der Waals surface area contributed by atoms with E-state index in [9.17, 15) is 4.79 Å². The summed E-state index contributed by atoms with van der Waals surface area (Å²) in [5.74, 6) is 0.840. The molecule has 1 unspecified atom stereocenters. The summed E-state index contributed by atoms with van der Waals surface area (Å²) >= 11 is 0. The van der Waals surface area contributed by atoms with E-state index in [4.69, 9.17) is 5.73 Å². The van der Waals surface area contributed by atoms with Crippen LogP contribution in [-0.4, -0.2) is 5.78 Å². The lowest BCUT2D eigenvalue weighted by molar-refractivity contribution is -0.122. The topological polar surface area (TPSA) is 43.1 Å². The Morgan fingerprint density at radius 1 is 1.10 bits per heavy atom. The number of rotatable bonds is 4. The highest BCUT2D eigenvalue weighted by Crippen LogP contribution is 2.51. The van der Waals surface area contributed by atoms with Gasteiger partial charge in [0, 0.05) is 12.1 Å². The maximum Gasteiger partial charge on any atom is 0.144 e. The van der Waals surface area contributed by atoms with E-state index >= 15 is 0 Å². The first-order chi connectivity index (χ1) is 10.2. The fourth-order valence-electron chi connectivity index (χ4n) is 3.62. The number of ketones is 1. The summed E-state index contributed by atoms with van der Waals surface area (Å²) in [6.45, 7) is 0. The molecule has 1 fully saturated rings. The summed E-state index contributed by atoms with van der Waals surface area (Å²) in [6, 6.07) is 16.3. The van der Waals surface area contributed by atoms with Crippen LogP contribution in [0, 0.1) is 0 Å². The molecule has 2 aromatic rings. The minimum Gasteiger partial charge on any atom is -0.399 e. The molecule has 0 aliphatic heterocycles. The van der Waals surface area contributed by atoms with E-state index in [2.05, 4.69) is 24.3 Å². The van der Waals surface area contributed by atoms with Crippen molar-refractivity contribution in [2.45, 2.75) is 37.0 Å². The van der Waals surface area contributed by atoms with Crippen molar-refractivity contribution in [2.75, 3.05) is 5.73 Å². The van der Waals surface area contributed by atoms with Gasteiger partial charge < -0.3 is 5.73 Å². The Balaban J connectivity index is 1.52. The molecule has 1 saturated carbocycles. The Morgan fingerprint density at radius 3 is 2.48 bits per heavy atom. The van der Waals surface area contributed by atoms with Gasteiger partial charge in [0.1, 0.15) is 5.78 Å². The molecule has 2 heteroatoms. The monoisotopic (exact) mass is 277 g/mol. The molecule has 4 rings (SSSR count). The smallest absolute Gasteiger partial charge is 0.144 e. The Bertz CT molecular complexity index is 698. The van der Waals surface area contributed by atoms with Gasteiger partial charge in [0.25, 0.3) is 0 Å². The highest BCUT2D eigenvalue weighted by Gasteiger charge is 2.51. The summed E-state index contributed by atoms with van der Waals surface area (Å²) in [7, 11) is 0. The number of hydrogen-bond donors (Lipinski definition) is 1. The van der Waals surface area contributed by atoms with Crippen LogP contribution in [0.4, 0.5) is 5.69 Å². The van der Waals surface area contributed by atoms with Crippen molar-refractivity contribution in [1.29, 1.82) is 0 Å². The molecule has 2 aliphatic rings. The van der Waals surface area contributed by atoms with Gasteiger partial charge in [-0.05, 0) is 54.0 Å². The lowest BCUT2D eigenvalue weighted by Gasteiger charge is -2.30. The number of Topliss-reactive ketones (excluding diaryl/α,β-unsaturated/α-hetero) is 1. The van der Waals surface area contributed by atoms with E-state index in [1.807, 2.05) is 24.3 Å². The Labute approximate surface area is 125 Å². The third kappa shape index (κ3) is 1.98. The molecule has 0 aromatic heterocycles. The molecular weight excluding hydrogens is 258 g/mol. The van der Waals surface area contributed by atoms with Crippen LogP contribution in [0.3, 0.4) is 0 Å². The van der Waals surface area contributed by atoms with Crippen LogP contribution in [0.1, 0.15) is 41.9 Å². The van der Waals surface area contributed by atoms with Crippen LogP contribution >= 0.6 is 0 Å². The molecule has 21 heavy (non-hydrogen) atoms. The molecule has 0 saturated heterocycles. The predicted octanol–water partition coefficient (Wildman–Crippen LogP) is 3.60. The first-order valence-electron chi connectivity index (χ1n) is 7.66. The number of carbonyl (C=O) groups is 1. The lowest BCUT2D eigenvalue weighted by Crippen LogP contribution is -2.27. The molecule has 0 radical (unpaired) electrons. The second-order valence-corrected chi connectivity index (χ2v) is 6.43. The fourth-order valence-corrected chi connectivity index (χ4v) is 3.62. The number of benzene rings is 2. The van der Waals surface area contributed by atoms with Gasteiger partial charge in [-0.3, -0.25) is 4.79 Å². The average Bonchev–Trinajstić information content (AvgIpc) is 3.27. The van der Waals surface area contributed by atoms with Gasteiger partial charge in [-0.1, -0.05) is 36.4 Å². The third-order valence-corrected chi connectivity index (χ3v) is 5.14. The van der Waals surface area contributed by atoms with Gasteiger partial charge in [0.15, 0.2) is 0 Å². The molecule has 106 valence electrons. The highest BCUT2D eigenvalue weighted by molar-refractivity contribution is 5.94. The molecule has 2 nitrogen and oxygen atoms in total. The second kappa shape index (κ2) is 4.45. The third-order valence-electron chi connectivity index (χ3n) is 5.14. The Morgan fingerprint density at radius 2 is 1.81 bits per heavy atom. The molecule has 1 atom stereocenters. The zero-order valence-corrected chi connectivity index (χ0v) is 12.0. The highest BCUT2D eigenvalue weighted by atomic mass is 16.1. The Kier molecular flexibility index (Phi) is 2.68. The largest absolute Gasteiger partial charge is 0.399 e. The van der Waals surface area contributed by atoms with Crippen molar-refractivity contribution in [3.8, 4) is 0 Å². The number of fused-ring (bicyclic) bond motifs is 1. The van der Waals surface area contributed by atoms with Crippen molar-refractivity contribution < 1.29 is 4.79 Å². The lowest BCUT2D eigenvalue weighted by atomic mass is 9.73. The maximum atomic E-state index is 12.8. The normalized spacial score (nSPS) is 21.2. The van der Waals surface area contributed by atoms with Crippen molar-refractivity contribution in [3.05, 3.63) is 65.2 Å². The van der Waals surface area contributed by atoms with E-state index in [0.29, 0.717) is 18.1 Å². The van der Waals surface area contributed by atoms with Crippen molar-refractivity contribution in [3.63, 3.8) is 0 Å². The summed E-state index contributed by atoms with van der Waals surface area (Å²) in [5.41, 5.74) is 10.2. The quantitative estimate of drug-likeness (QED) is 0.868. The maximum absolute atomic E-state index is 12.8. The average molecular weight is 277 g/mol. The van der Waals surface area contributed by atoms with E-state index < -0.39 is 0 Å². The molecule has 2 aliphatic carbocycles. The van der Waals surface area contributed by atoms with E-state index in [1.54, 1.807) is 0 Å². The van der Waals surface area contributed by atoms with E-state index in [1.165, 1.54) is 11.1 Å². The van der Waals surface area contributed by atoms with Crippen LogP contribution in [0.5, 0.6) is 0 Å². The number of hydrogen-bond acceptors (Lipinski definition) is 2. The van der Waals surface area contributed by atoms with Crippen LogP contribution in [-0.2, 0) is 16.6 Å². The number of carbonyl (C=O) groups excluding carboxylic acids is 1. The van der Waals surface area contributed by atoms with Gasteiger partial charge >= 0.3 is 0 Å². The van der Waals surface area contributed by atoms with Crippen LogP contribution < -0.4 is 5.73 Å². The Hall–Kier alpha value is -2.09. The molecule has 0 heterocycles. The van der Waals surface area contributed by atoms with Gasteiger partial charge in [-0.25, -0.2) is 0 Å². The van der Waals surface area contributed by atoms with Crippen molar-refractivity contribution >= 4 is 11.5 Å². The number of nitrogen functional groups attached to an aromatic ring is 1. The minimum atomic E-state index is -0.210. The SMILES string of the molecule is Nc1ccc(C2(C(=O)CC3Cc4ccccc43)CC2)cc1. The van der Waals surface area contributed by atoms with Crippen molar-refractivity contribution in [2.24, 2.45) is 0 Å². The molecule has 2 N–H and O–H groups in total. The number of nitrogens with two attached hydrogens (primary N) is 1. The van der Waals surface area contributed by atoms with Crippen molar-refractivity contribution in [1.82, 2.24) is 0 Å². The summed E-state index contributed by atoms with van der Waals surface area (Å²) in [6.07, 6.45) is 3.72. The van der Waals surface area contributed by atoms with E-state index in [-0.39, 0.29) is 5.41 Å². The minimum absolute atomic E-state index is 0.210. The fraction of sp³-hybridized carbons (Fsp3) is 0.316. The standard InChI is InChI=1S/C19H19NO/c20-16-7-5-15(6-8-16)19(9-10-19)18(21)12-14-11-13-3-1-2-4-17(13)14/h1-8,14H,9-12,20H2. The summed E-state index contributed by atoms with van der Waals surface area (Å²) in [4.78, 5) is 12.8.